The van der Waals surface area contributed by atoms with Crippen LogP contribution in [0.3, 0.4) is 0 Å². The molecule has 0 bridgehead atoms. The van der Waals surface area contributed by atoms with Gasteiger partial charge in [-0.05, 0) is 37.1 Å². The van der Waals surface area contributed by atoms with Crippen molar-refractivity contribution in [3.8, 4) is 28.7 Å². The molecule has 4 rings (SSSR count). The highest BCUT2D eigenvalue weighted by Gasteiger charge is 2.34. The second-order valence-corrected chi connectivity index (χ2v) is 8.73. The second kappa shape index (κ2) is 10.2. The number of fused-ring (bicyclic) bond motifs is 1. The molecule has 2 atom stereocenters. The quantitative estimate of drug-likeness (QED) is 0.475. The van der Waals surface area contributed by atoms with Crippen LogP contribution in [0, 0.1) is 18.3 Å². The van der Waals surface area contributed by atoms with Crippen molar-refractivity contribution in [3.05, 3.63) is 53.7 Å². The van der Waals surface area contributed by atoms with Gasteiger partial charge in [0.2, 0.25) is 11.9 Å². The Bertz CT molecular complexity index is 1310. The van der Waals surface area contributed by atoms with Crippen molar-refractivity contribution < 1.29 is 14.3 Å². The minimum absolute atomic E-state index is 0.0559. The van der Waals surface area contributed by atoms with Gasteiger partial charge in [-0.25, -0.2) is 9.97 Å². The number of anilines is 1. The van der Waals surface area contributed by atoms with E-state index in [2.05, 4.69) is 27.9 Å². The molecule has 9 heteroatoms. The number of methoxy groups -OCH3 is 2. The highest BCUT2D eigenvalue weighted by molar-refractivity contribution is 6.35. The Morgan fingerprint density at radius 3 is 2.80 bits per heavy atom. The van der Waals surface area contributed by atoms with Crippen LogP contribution >= 0.6 is 11.6 Å². The minimum Gasteiger partial charge on any atom is -0.496 e. The third-order valence-electron chi connectivity index (χ3n) is 6.28. The van der Waals surface area contributed by atoms with Crippen LogP contribution in [0.25, 0.3) is 22.0 Å². The molecule has 2 aromatic carbocycles. The summed E-state index contributed by atoms with van der Waals surface area (Å²) in [6, 6.07) is 9.57. The first-order valence-corrected chi connectivity index (χ1v) is 11.5. The Balaban J connectivity index is 1.61. The second-order valence-electron chi connectivity index (χ2n) is 8.35. The predicted octanol–water partition coefficient (Wildman–Crippen LogP) is 4.76. The van der Waals surface area contributed by atoms with Gasteiger partial charge in [0.1, 0.15) is 11.5 Å². The zero-order chi connectivity index (χ0) is 25.1. The molecule has 3 aromatic rings. The summed E-state index contributed by atoms with van der Waals surface area (Å²) in [6.45, 7) is 5.98. The van der Waals surface area contributed by atoms with Crippen LogP contribution in [-0.4, -0.2) is 53.6 Å². The average Bonchev–Trinajstić information content (AvgIpc) is 3.26. The van der Waals surface area contributed by atoms with Crippen molar-refractivity contribution >= 4 is 34.4 Å². The number of benzene rings is 2. The van der Waals surface area contributed by atoms with E-state index in [0.29, 0.717) is 35.4 Å². The number of carbonyl (C=O) groups excluding carboxylic acids is 1. The van der Waals surface area contributed by atoms with Crippen LogP contribution in [0.4, 0.5) is 5.95 Å². The average molecular weight is 492 g/mol. The maximum absolute atomic E-state index is 12.2. The van der Waals surface area contributed by atoms with Gasteiger partial charge < -0.3 is 19.7 Å². The summed E-state index contributed by atoms with van der Waals surface area (Å²) >= 11 is 6.65. The lowest BCUT2D eigenvalue weighted by Gasteiger charge is -2.20. The highest BCUT2D eigenvalue weighted by atomic mass is 35.5. The fourth-order valence-corrected chi connectivity index (χ4v) is 4.94. The number of rotatable bonds is 7. The first-order chi connectivity index (χ1) is 16.9. The fourth-order valence-electron chi connectivity index (χ4n) is 4.55. The summed E-state index contributed by atoms with van der Waals surface area (Å²) in [5.74, 6) is 1.52. The van der Waals surface area contributed by atoms with E-state index >= 15 is 0 Å². The molecule has 0 saturated carbocycles. The maximum atomic E-state index is 12.2. The van der Waals surface area contributed by atoms with E-state index in [-0.39, 0.29) is 24.4 Å². The summed E-state index contributed by atoms with van der Waals surface area (Å²) in [5, 5.41) is 13.8. The van der Waals surface area contributed by atoms with Gasteiger partial charge in [-0.2, -0.15) is 5.26 Å². The van der Waals surface area contributed by atoms with Gasteiger partial charge in [-0.15, -0.1) is 0 Å². The molecule has 2 unspecified atom stereocenters. The molecular formula is C26H26ClN5O3. The van der Waals surface area contributed by atoms with Crippen molar-refractivity contribution in [2.24, 2.45) is 0 Å². The molecule has 1 aliphatic rings. The SMILES string of the molecule is C=CC(=O)N1CC(Nc2ncc3cc(-c4c(C)c(OC)cc(OC)c4Cl)ccc3n2)CC1CC#N. The standard InChI is InChI=1S/C26H26ClN5O3/c1-5-23(33)32-14-18(11-19(32)8-9-28)30-26-29-13-17-10-16(6-7-20(17)31-26)24-15(2)21(34-3)12-22(35-4)25(24)27/h5-7,10,12-13,18-19H,1,8,11,14H2,2-4H3,(H,29,30,31). The lowest BCUT2D eigenvalue weighted by atomic mass is 9.98. The molecule has 1 saturated heterocycles. The monoisotopic (exact) mass is 491 g/mol. The number of hydrogen-bond acceptors (Lipinski definition) is 7. The van der Waals surface area contributed by atoms with Crippen LogP contribution in [-0.2, 0) is 4.79 Å². The molecule has 1 aromatic heterocycles. The van der Waals surface area contributed by atoms with Crippen LogP contribution in [0.5, 0.6) is 11.5 Å². The van der Waals surface area contributed by atoms with Gasteiger partial charge in [0.05, 0.1) is 37.2 Å². The molecule has 0 spiro atoms. The highest BCUT2D eigenvalue weighted by Crippen LogP contribution is 2.43. The normalized spacial score (nSPS) is 17.2. The number of amides is 1. The van der Waals surface area contributed by atoms with Crippen LogP contribution < -0.4 is 14.8 Å². The summed E-state index contributed by atoms with van der Waals surface area (Å²) in [4.78, 5) is 23.0. The number of carbonyl (C=O) groups is 1. The van der Waals surface area contributed by atoms with Crippen LogP contribution in [0.1, 0.15) is 18.4 Å². The van der Waals surface area contributed by atoms with E-state index in [4.69, 9.17) is 26.3 Å². The number of aromatic nitrogens is 2. The molecule has 0 radical (unpaired) electrons. The van der Waals surface area contributed by atoms with E-state index in [0.717, 1.165) is 27.6 Å². The lowest BCUT2D eigenvalue weighted by Crippen LogP contribution is -2.35. The van der Waals surface area contributed by atoms with Gasteiger partial charge in [-0.1, -0.05) is 24.2 Å². The molecule has 0 aliphatic carbocycles. The molecule has 1 aliphatic heterocycles. The number of hydrogen-bond donors (Lipinski definition) is 1. The number of nitrogens with one attached hydrogen (secondary N) is 1. The first kappa shape index (κ1) is 24.3. The van der Waals surface area contributed by atoms with Crippen molar-refractivity contribution in [1.29, 1.82) is 5.26 Å². The van der Waals surface area contributed by atoms with Crippen molar-refractivity contribution in [2.45, 2.75) is 31.8 Å². The first-order valence-electron chi connectivity index (χ1n) is 11.1. The number of ether oxygens (including phenoxy) is 2. The van der Waals surface area contributed by atoms with Crippen LogP contribution in [0.15, 0.2) is 43.1 Å². The molecule has 1 N–H and O–H groups in total. The fraction of sp³-hybridized carbons (Fsp3) is 0.308. The van der Waals surface area contributed by atoms with E-state index in [1.165, 1.54) is 6.08 Å². The molecule has 35 heavy (non-hydrogen) atoms. The molecule has 1 fully saturated rings. The van der Waals surface area contributed by atoms with Gasteiger partial charge in [0.15, 0.2) is 0 Å². The number of nitriles is 1. The Hall–Kier alpha value is -3.83. The maximum Gasteiger partial charge on any atom is 0.246 e. The molecule has 180 valence electrons. The topological polar surface area (TPSA) is 100 Å². The molecule has 1 amide bonds. The summed E-state index contributed by atoms with van der Waals surface area (Å²) in [5.41, 5.74) is 3.40. The summed E-state index contributed by atoms with van der Waals surface area (Å²) in [7, 11) is 3.18. The zero-order valence-electron chi connectivity index (χ0n) is 19.8. The minimum atomic E-state index is -0.176. The predicted molar refractivity (Wildman–Crippen MR) is 136 cm³/mol. The smallest absolute Gasteiger partial charge is 0.246 e. The van der Waals surface area contributed by atoms with E-state index in [1.54, 1.807) is 31.4 Å². The largest absolute Gasteiger partial charge is 0.496 e. The van der Waals surface area contributed by atoms with Crippen molar-refractivity contribution in [2.75, 3.05) is 26.1 Å². The number of nitrogens with zero attached hydrogens (tertiary/aromatic N) is 4. The number of likely N-dealkylation sites (tertiary alicyclic amines) is 1. The summed E-state index contributed by atoms with van der Waals surface area (Å²) < 4.78 is 10.9. The zero-order valence-corrected chi connectivity index (χ0v) is 20.6. The van der Waals surface area contributed by atoms with Gasteiger partial charge in [0.25, 0.3) is 0 Å². The molecule has 2 heterocycles. The van der Waals surface area contributed by atoms with Crippen molar-refractivity contribution in [3.63, 3.8) is 0 Å². The Kier molecular flexibility index (Phi) is 7.08. The molecular weight excluding hydrogens is 466 g/mol. The summed E-state index contributed by atoms with van der Waals surface area (Å²) in [6.07, 6.45) is 3.95. The van der Waals surface area contributed by atoms with E-state index < -0.39 is 0 Å². The third-order valence-corrected chi connectivity index (χ3v) is 6.66. The van der Waals surface area contributed by atoms with Gasteiger partial charge in [-0.3, -0.25) is 4.79 Å². The van der Waals surface area contributed by atoms with E-state index in [1.807, 2.05) is 25.1 Å². The Morgan fingerprint density at radius 2 is 2.11 bits per heavy atom. The van der Waals surface area contributed by atoms with Crippen molar-refractivity contribution in [1.82, 2.24) is 14.9 Å². The van der Waals surface area contributed by atoms with E-state index in [9.17, 15) is 4.79 Å². The van der Waals surface area contributed by atoms with Crippen LogP contribution in [0.2, 0.25) is 5.02 Å². The van der Waals surface area contributed by atoms with Gasteiger partial charge >= 0.3 is 0 Å². The Morgan fingerprint density at radius 1 is 1.34 bits per heavy atom. The lowest BCUT2D eigenvalue weighted by molar-refractivity contribution is -0.126. The number of halogens is 1. The molecule has 8 nitrogen and oxygen atoms in total. The third kappa shape index (κ3) is 4.73. The van der Waals surface area contributed by atoms with Gasteiger partial charge in [0, 0.05) is 47.4 Å². The Labute approximate surface area is 209 Å².